The minimum Gasteiger partial charge on any atom is -0.381 e. The van der Waals surface area contributed by atoms with Gasteiger partial charge in [-0.25, -0.2) is 4.98 Å². The molecule has 1 aromatic heterocycles. The van der Waals surface area contributed by atoms with E-state index in [9.17, 15) is 4.79 Å². The van der Waals surface area contributed by atoms with E-state index in [4.69, 9.17) is 4.74 Å². The lowest BCUT2D eigenvalue weighted by Gasteiger charge is -2.21. The molecule has 1 N–H and O–H groups in total. The average molecular weight is 443 g/mol. The maximum absolute atomic E-state index is 11.2. The van der Waals surface area contributed by atoms with Crippen molar-refractivity contribution < 1.29 is 11.0 Å². The molecule has 172 valence electrons. The molecule has 0 bridgehead atoms. The van der Waals surface area contributed by atoms with Crippen LogP contribution in [0.5, 0.6) is 0 Å². The third-order valence-corrected chi connectivity index (χ3v) is 6.41. The standard InChI is InChI=1S/C29H32N2O2.H2/c1-22-4-2-3-5-28(22)26(13-17-32)20-24-6-8-25(9-7-24)27-10-11-29(31-21-27)30-16-12-23-14-18-33-19-15-23;/h2-11,13,17,21,23H,12,14-16,18-20H2,1H3,(H,30,31);1H/b26-13-;. The molecule has 4 rings (SSSR count). The van der Waals surface area contributed by atoms with Gasteiger partial charge in [-0.1, -0.05) is 48.5 Å². The van der Waals surface area contributed by atoms with Crippen LogP contribution in [0.2, 0.25) is 0 Å². The lowest BCUT2D eigenvalue weighted by Crippen LogP contribution is -2.18. The van der Waals surface area contributed by atoms with E-state index in [1.807, 2.05) is 18.3 Å². The van der Waals surface area contributed by atoms with Crippen molar-refractivity contribution in [3.8, 4) is 11.1 Å². The minimum atomic E-state index is 0. The lowest BCUT2D eigenvalue weighted by molar-refractivity contribution is -0.104. The second-order valence-electron chi connectivity index (χ2n) is 8.72. The summed E-state index contributed by atoms with van der Waals surface area (Å²) in [5, 5.41) is 3.45. The molecule has 4 heteroatoms. The van der Waals surface area contributed by atoms with Gasteiger partial charge in [-0.3, -0.25) is 4.79 Å². The molecule has 1 saturated heterocycles. The Morgan fingerprint density at radius 3 is 2.52 bits per heavy atom. The Hall–Kier alpha value is -3.24. The van der Waals surface area contributed by atoms with Crippen LogP contribution in [0.3, 0.4) is 0 Å². The van der Waals surface area contributed by atoms with E-state index in [2.05, 4.69) is 65.8 Å². The average Bonchev–Trinajstić information content (AvgIpc) is 2.86. The Kier molecular flexibility index (Phi) is 8.04. The van der Waals surface area contributed by atoms with Crippen LogP contribution in [0.1, 0.15) is 37.4 Å². The van der Waals surface area contributed by atoms with Gasteiger partial charge in [-0.2, -0.15) is 0 Å². The van der Waals surface area contributed by atoms with Crippen molar-refractivity contribution in [3.63, 3.8) is 0 Å². The summed E-state index contributed by atoms with van der Waals surface area (Å²) < 4.78 is 5.43. The van der Waals surface area contributed by atoms with Crippen LogP contribution in [-0.2, 0) is 16.0 Å². The van der Waals surface area contributed by atoms with E-state index >= 15 is 0 Å². The maximum Gasteiger partial charge on any atom is 0.143 e. The number of carbonyl (C=O) groups is 1. The van der Waals surface area contributed by atoms with Crippen molar-refractivity contribution in [1.82, 2.24) is 4.98 Å². The zero-order valence-corrected chi connectivity index (χ0v) is 19.3. The second kappa shape index (κ2) is 11.6. The number of rotatable bonds is 9. The van der Waals surface area contributed by atoms with Crippen LogP contribution in [0, 0.1) is 12.8 Å². The summed E-state index contributed by atoms with van der Waals surface area (Å²) >= 11 is 0. The SMILES string of the molecule is Cc1ccccc1/C(=C\C=O)Cc1ccc(-c2ccc(NCCC3CCOCC3)nc2)cc1.[HH]. The number of nitrogens with zero attached hydrogens (tertiary/aromatic N) is 1. The number of aromatic nitrogens is 1. The summed E-state index contributed by atoms with van der Waals surface area (Å²) in [5.41, 5.74) is 6.74. The highest BCUT2D eigenvalue weighted by atomic mass is 16.5. The summed E-state index contributed by atoms with van der Waals surface area (Å²) in [7, 11) is 0. The van der Waals surface area contributed by atoms with Gasteiger partial charge in [-0.05, 0) is 84.6 Å². The number of benzene rings is 2. The Labute approximate surface area is 198 Å². The molecular formula is C29H34N2O2. The van der Waals surface area contributed by atoms with Crippen LogP contribution >= 0.6 is 0 Å². The van der Waals surface area contributed by atoms with Crippen LogP contribution < -0.4 is 5.32 Å². The summed E-state index contributed by atoms with van der Waals surface area (Å²) in [6.45, 7) is 4.82. The van der Waals surface area contributed by atoms with Crippen molar-refractivity contribution in [2.24, 2.45) is 5.92 Å². The number of pyridine rings is 1. The van der Waals surface area contributed by atoms with Crippen molar-refractivity contribution in [2.45, 2.75) is 32.6 Å². The quantitative estimate of drug-likeness (QED) is 0.310. The molecule has 0 aliphatic carbocycles. The largest absolute Gasteiger partial charge is 0.381 e. The fourth-order valence-corrected chi connectivity index (χ4v) is 4.40. The molecule has 0 atom stereocenters. The third kappa shape index (κ3) is 6.39. The number of anilines is 1. The highest BCUT2D eigenvalue weighted by Gasteiger charge is 2.13. The zero-order valence-electron chi connectivity index (χ0n) is 19.3. The van der Waals surface area contributed by atoms with Crippen LogP contribution in [0.4, 0.5) is 5.82 Å². The third-order valence-electron chi connectivity index (χ3n) is 6.41. The fraction of sp³-hybridized carbons (Fsp3) is 0.310. The molecule has 2 heterocycles. The summed E-state index contributed by atoms with van der Waals surface area (Å²) in [4.78, 5) is 15.8. The van der Waals surface area contributed by atoms with Crippen molar-refractivity contribution >= 4 is 17.7 Å². The Bertz CT molecular complexity index is 1070. The molecule has 0 radical (unpaired) electrons. The van der Waals surface area contributed by atoms with E-state index in [1.165, 1.54) is 24.0 Å². The van der Waals surface area contributed by atoms with Gasteiger partial charge < -0.3 is 10.1 Å². The molecule has 2 aromatic carbocycles. The molecule has 0 amide bonds. The van der Waals surface area contributed by atoms with Gasteiger partial charge >= 0.3 is 0 Å². The Morgan fingerprint density at radius 1 is 1.06 bits per heavy atom. The van der Waals surface area contributed by atoms with Gasteiger partial charge in [-0.15, -0.1) is 0 Å². The lowest BCUT2D eigenvalue weighted by atomic mass is 9.94. The van der Waals surface area contributed by atoms with E-state index < -0.39 is 0 Å². The molecule has 1 aliphatic heterocycles. The number of nitrogens with one attached hydrogen (secondary N) is 1. The first-order valence-electron chi connectivity index (χ1n) is 11.8. The first kappa shape index (κ1) is 22.9. The van der Waals surface area contributed by atoms with Crippen molar-refractivity contribution in [2.75, 3.05) is 25.1 Å². The summed E-state index contributed by atoms with van der Waals surface area (Å²) in [6, 6.07) is 20.9. The van der Waals surface area contributed by atoms with Crippen LogP contribution in [0.15, 0.2) is 72.9 Å². The van der Waals surface area contributed by atoms with Crippen molar-refractivity contribution in [3.05, 3.63) is 89.6 Å². The minimum absolute atomic E-state index is 0. The highest BCUT2D eigenvalue weighted by molar-refractivity contribution is 5.83. The summed E-state index contributed by atoms with van der Waals surface area (Å²) in [5.74, 6) is 1.68. The van der Waals surface area contributed by atoms with E-state index in [0.29, 0.717) is 0 Å². The van der Waals surface area contributed by atoms with E-state index in [-0.39, 0.29) is 1.43 Å². The number of allylic oxidation sites excluding steroid dienone is 2. The molecular weight excluding hydrogens is 408 g/mol. The topological polar surface area (TPSA) is 51.2 Å². The number of hydrogen-bond acceptors (Lipinski definition) is 4. The molecule has 33 heavy (non-hydrogen) atoms. The van der Waals surface area contributed by atoms with Gasteiger partial charge in [0.05, 0.1) is 0 Å². The highest BCUT2D eigenvalue weighted by Crippen LogP contribution is 2.25. The Balaban J connectivity index is 0.00000324. The smallest absolute Gasteiger partial charge is 0.143 e. The fourth-order valence-electron chi connectivity index (χ4n) is 4.40. The van der Waals surface area contributed by atoms with Crippen LogP contribution in [0.25, 0.3) is 16.7 Å². The number of ether oxygens (including phenoxy) is 1. The van der Waals surface area contributed by atoms with Gasteiger partial charge in [0.1, 0.15) is 12.1 Å². The summed E-state index contributed by atoms with van der Waals surface area (Å²) in [6.07, 6.45) is 8.70. The van der Waals surface area contributed by atoms with Crippen LogP contribution in [-0.4, -0.2) is 31.0 Å². The molecule has 0 saturated carbocycles. The molecule has 4 nitrogen and oxygen atoms in total. The maximum atomic E-state index is 11.2. The zero-order chi connectivity index (χ0) is 22.9. The number of carbonyl (C=O) groups excluding carboxylic acids is 1. The number of aryl methyl sites for hydroxylation is 1. The number of hydrogen-bond donors (Lipinski definition) is 1. The first-order chi connectivity index (χ1) is 16.2. The van der Waals surface area contributed by atoms with Gasteiger partial charge in [0.25, 0.3) is 0 Å². The van der Waals surface area contributed by atoms with Gasteiger partial charge in [0.15, 0.2) is 0 Å². The van der Waals surface area contributed by atoms with E-state index in [0.717, 1.165) is 72.9 Å². The molecule has 1 aliphatic rings. The monoisotopic (exact) mass is 442 g/mol. The first-order valence-corrected chi connectivity index (χ1v) is 11.8. The predicted octanol–water partition coefficient (Wildman–Crippen LogP) is 6.36. The second-order valence-corrected chi connectivity index (χ2v) is 8.72. The molecule has 0 spiro atoms. The van der Waals surface area contributed by atoms with E-state index in [1.54, 1.807) is 6.08 Å². The van der Waals surface area contributed by atoms with Gasteiger partial charge in [0, 0.05) is 32.9 Å². The van der Waals surface area contributed by atoms with Crippen molar-refractivity contribution in [1.29, 1.82) is 0 Å². The predicted molar refractivity (Wildman–Crippen MR) is 137 cm³/mol. The normalized spacial score (nSPS) is 14.8. The number of aldehydes is 1. The Morgan fingerprint density at radius 2 is 1.82 bits per heavy atom. The van der Waals surface area contributed by atoms with Gasteiger partial charge in [0.2, 0.25) is 0 Å². The molecule has 0 unspecified atom stereocenters. The molecule has 3 aromatic rings. The molecule has 1 fully saturated rings.